The fourth-order valence-corrected chi connectivity index (χ4v) is 3.82. The number of aromatic nitrogens is 2. The average Bonchev–Trinajstić information content (AvgIpc) is 2.90. The summed E-state index contributed by atoms with van der Waals surface area (Å²) < 4.78 is 37.1. The van der Waals surface area contributed by atoms with Gasteiger partial charge in [-0.2, -0.15) is 0 Å². The highest BCUT2D eigenvalue weighted by atomic mass is 32.2. The first kappa shape index (κ1) is 16.5. The molecule has 0 fully saturated rings. The van der Waals surface area contributed by atoms with E-state index in [1.54, 1.807) is 13.8 Å². The minimum atomic E-state index is -3.69. The van der Waals surface area contributed by atoms with Crippen molar-refractivity contribution in [3.05, 3.63) is 35.6 Å². The van der Waals surface area contributed by atoms with Gasteiger partial charge in [-0.25, -0.2) is 12.8 Å². The first-order chi connectivity index (χ1) is 10.3. The molecule has 1 aromatic heterocycles. The predicted octanol–water partition coefficient (Wildman–Crippen LogP) is 2.25. The van der Waals surface area contributed by atoms with Gasteiger partial charge in [0.25, 0.3) is 0 Å². The summed E-state index contributed by atoms with van der Waals surface area (Å²) in [7, 11) is -3.69. The Balaban J connectivity index is 2.14. The minimum absolute atomic E-state index is 0.136. The van der Waals surface area contributed by atoms with E-state index in [1.807, 2.05) is 0 Å². The van der Waals surface area contributed by atoms with Crippen molar-refractivity contribution >= 4 is 32.2 Å². The highest BCUT2D eigenvalue weighted by Gasteiger charge is 2.22. The number of nitrogens with one attached hydrogen (secondary N) is 1. The lowest BCUT2D eigenvalue weighted by Crippen LogP contribution is -2.17. The van der Waals surface area contributed by atoms with Crippen LogP contribution in [0.5, 0.6) is 0 Å². The van der Waals surface area contributed by atoms with Gasteiger partial charge in [-0.05, 0) is 17.7 Å². The van der Waals surface area contributed by atoms with E-state index in [0.29, 0.717) is 5.56 Å². The quantitative estimate of drug-likeness (QED) is 0.841. The second-order valence-electron chi connectivity index (χ2n) is 4.90. The highest BCUT2D eigenvalue weighted by molar-refractivity contribution is 7.92. The summed E-state index contributed by atoms with van der Waals surface area (Å²) in [6.45, 7) is 3.42. The summed E-state index contributed by atoms with van der Waals surface area (Å²) >= 11 is 0.792. The molecule has 22 heavy (non-hydrogen) atoms. The molecule has 1 amide bonds. The van der Waals surface area contributed by atoms with Crippen LogP contribution < -0.4 is 5.32 Å². The van der Waals surface area contributed by atoms with Crippen LogP contribution in [-0.2, 0) is 20.4 Å². The highest BCUT2D eigenvalue weighted by Crippen LogP contribution is 2.23. The topological polar surface area (TPSA) is 89.0 Å². The SMILES string of the molecule is CC(C)C(=O)Nc1nnc(S(=O)(=O)Cc2ccc(F)cc2)s1. The smallest absolute Gasteiger partial charge is 0.234 e. The van der Waals surface area contributed by atoms with E-state index in [0.717, 1.165) is 11.3 Å². The van der Waals surface area contributed by atoms with Crippen molar-refractivity contribution in [2.75, 3.05) is 5.32 Å². The molecule has 0 saturated heterocycles. The van der Waals surface area contributed by atoms with Crippen molar-refractivity contribution in [2.24, 2.45) is 5.92 Å². The first-order valence-electron chi connectivity index (χ1n) is 6.39. The number of benzene rings is 1. The molecule has 6 nitrogen and oxygen atoms in total. The fraction of sp³-hybridized carbons (Fsp3) is 0.308. The average molecular weight is 343 g/mol. The van der Waals surface area contributed by atoms with Crippen LogP contribution in [0.1, 0.15) is 19.4 Å². The van der Waals surface area contributed by atoms with E-state index in [2.05, 4.69) is 15.5 Å². The molecule has 1 heterocycles. The molecule has 0 saturated carbocycles. The number of rotatable bonds is 5. The van der Waals surface area contributed by atoms with Gasteiger partial charge in [-0.15, -0.1) is 10.2 Å². The van der Waals surface area contributed by atoms with E-state index >= 15 is 0 Å². The predicted molar refractivity (Wildman–Crippen MR) is 80.7 cm³/mol. The molecule has 1 N–H and O–H groups in total. The molecule has 0 radical (unpaired) electrons. The third kappa shape index (κ3) is 4.08. The van der Waals surface area contributed by atoms with Crippen molar-refractivity contribution in [3.63, 3.8) is 0 Å². The summed E-state index contributed by atoms with van der Waals surface area (Å²) in [4.78, 5) is 11.5. The molecule has 0 aliphatic rings. The Morgan fingerprint density at radius 3 is 2.50 bits per heavy atom. The molecule has 0 aliphatic heterocycles. The maximum atomic E-state index is 12.8. The fourth-order valence-electron chi connectivity index (χ4n) is 1.50. The standard InChI is InChI=1S/C13H14FN3O3S2/c1-8(2)11(18)15-12-16-17-13(21-12)22(19,20)7-9-3-5-10(14)6-4-9/h3-6,8H,7H2,1-2H3,(H,15,16,18). The minimum Gasteiger partial charge on any atom is -0.300 e. The zero-order valence-corrected chi connectivity index (χ0v) is 13.5. The molecule has 0 unspecified atom stereocenters. The normalized spacial score (nSPS) is 11.6. The van der Waals surface area contributed by atoms with Crippen LogP contribution in [0.15, 0.2) is 28.6 Å². The lowest BCUT2D eigenvalue weighted by atomic mass is 10.2. The number of carbonyl (C=O) groups is 1. The van der Waals surface area contributed by atoms with Crippen LogP contribution in [-0.4, -0.2) is 24.5 Å². The summed E-state index contributed by atoms with van der Waals surface area (Å²) in [6, 6.07) is 5.18. The number of amides is 1. The molecular formula is C13H14FN3O3S2. The molecule has 0 atom stereocenters. The molecule has 118 valence electrons. The van der Waals surface area contributed by atoms with Gasteiger partial charge in [0.05, 0.1) is 5.75 Å². The molecule has 9 heteroatoms. The Morgan fingerprint density at radius 2 is 1.91 bits per heavy atom. The Morgan fingerprint density at radius 1 is 1.27 bits per heavy atom. The number of carbonyl (C=O) groups excluding carboxylic acids is 1. The van der Waals surface area contributed by atoms with Crippen LogP contribution in [0.25, 0.3) is 0 Å². The van der Waals surface area contributed by atoms with Crippen LogP contribution in [0, 0.1) is 11.7 Å². The van der Waals surface area contributed by atoms with Crippen LogP contribution in [0.3, 0.4) is 0 Å². The van der Waals surface area contributed by atoms with Crippen molar-refractivity contribution in [1.82, 2.24) is 10.2 Å². The Bertz CT molecular complexity index is 770. The molecule has 2 rings (SSSR count). The van der Waals surface area contributed by atoms with E-state index in [-0.39, 0.29) is 27.0 Å². The monoisotopic (exact) mass is 343 g/mol. The molecule has 0 bridgehead atoms. The summed E-state index contributed by atoms with van der Waals surface area (Å²) in [6.07, 6.45) is 0. The maximum Gasteiger partial charge on any atom is 0.234 e. The Labute approximate surface area is 131 Å². The third-order valence-electron chi connectivity index (χ3n) is 2.70. The number of sulfone groups is 1. The molecular weight excluding hydrogens is 329 g/mol. The van der Waals surface area contributed by atoms with Crippen LogP contribution in [0.4, 0.5) is 9.52 Å². The third-order valence-corrected chi connectivity index (χ3v) is 5.67. The van der Waals surface area contributed by atoms with Crippen molar-refractivity contribution in [1.29, 1.82) is 0 Å². The van der Waals surface area contributed by atoms with Gasteiger partial charge in [-0.1, -0.05) is 37.3 Å². The van der Waals surface area contributed by atoms with Gasteiger partial charge < -0.3 is 5.32 Å². The van der Waals surface area contributed by atoms with Crippen LogP contribution >= 0.6 is 11.3 Å². The summed E-state index contributed by atoms with van der Waals surface area (Å²) in [5.41, 5.74) is 0.448. The summed E-state index contributed by atoms with van der Waals surface area (Å²) in [5, 5.41) is 9.90. The van der Waals surface area contributed by atoms with Gasteiger partial charge in [0.2, 0.25) is 25.2 Å². The lowest BCUT2D eigenvalue weighted by molar-refractivity contribution is -0.118. The van der Waals surface area contributed by atoms with E-state index in [9.17, 15) is 17.6 Å². The van der Waals surface area contributed by atoms with Crippen molar-refractivity contribution < 1.29 is 17.6 Å². The zero-order chi connectivity index (χ0) is 16.3. The van der Waals surface area contributed by atoms with E-state index < -0.39 is 15.7 Å². The number of anilines is 1. The van der Waals surface area contributed by atoms with E-state index in [1.165, 1.54) is 24.3 Å². The number of hydrogen-bond donors (Lipinski definition) is 1. The van der Waals surface area contributed by atoms with Crippen molar-refractivity contribution in [3.8, 4) is 0 Å². The number of hydrogen-bond acceptors (Lipinski definition) is 6. The first-order valence-corrected chi connectivity index (χ1v) is 8.86. The van der Waals surface area contributed by atoms with Crippen molar-refractivity contribution in [2.45, 2.75) is 23.9 Å². The molecule has 0 aliphatic carbocycles. The van der Waals surface area contributed by atoms with Gasteiger partial charge >= 0.3 is 0 Å². The van der Waals surface area contributed by atoms with Gasteiger partial charge in [-0.3, -0.25) is 4.79 Å². The second-order valence-corrected chi connectivity index (χ2v) is 8.04. The van der Waals surface area contributed by atoms with Crippen LogP contribution in [0.2, 0.25) is 0 Å². The second kappa shape index (κ2) is 6.49. The molecule has 2 aromatic rings. The number of nitrogens with zero attached hydrogens (tertiary/aromatic N) is 2. The molecule has 0 spiro atoms. The Hall–Kier alpha value is -1.87. The van der Waals surface area contributed by atoms with Gasteiger partial charge in [0.15, 0.2) is 0 Å². The zero-order valence-electron chi connectivity index (χ0n) is 11.9. The van der Waals surface area contributed by atoms with Gasteiger partial charge in [0.1, 0.15) is 5.82 Å². The lowest BCUT2D eigenvalue weighted by Gasteiger charge is -2.02. The van der Waals surface area contributed by atoms with E-state index in [4.69, 9.17) is 0 Å². The van der Waals surface area contributed by atoms with Gasteiger partial charge in [0, 0.05) is 5.92 Å². The Kier molecular flexibility index (Phi) is 4.87. The largest absolute Gasteiger partial charge is 0.300 e. The number of halogens is 1. The summed E-state index contributed by atoms with van der Waals surface area (Å²) in [5.74, 6) is -1.25. The molecule has 1 aromatic carbocycles. The maximum absolute atomic E-state index is 12.8.